The van der Waals surface area contributed by atoms with E-state index in [0.717, 1.165) is 19.5 Å². The molecule has 3 N–H and O–H groups in total. The lowest BCUT2D eigenvalue weighted by molar-refractivity contribution is -0.126. The van der Waals surface area contributed by atoms with Gasteiger partial charge in [-0.2, -0.15) is 0 Å². The van der Waals surface area contributed by atoms with Crippen molar-refractivity contribution in [3.8, 4) is 0 Å². The van der Waals surface area contributed by atoms with Gasteiger partial charge in [0.25, 0.3) is 0 Å². The fourth-order valence-corrected chi connectivity index (χ4v) is 2.31. The Morgan fingerprint density at radius 3 is 2.68 bits per heavy atom. The Morgan fingerprint density at radius 1 is 1.47 bits per heavy atom. The summed E-state index contributed by atoms with van der Waals surface area (Å²) in [6, 6.07) is 0.467. The maximum atomic E-state index is 12.1. The molecule has 0 spiro atoms. The van der Waals surface area contributed by atoms with Crippen molar-refractivity contribution in [3.05, 3.63) is 0 Å². The molecule has 1 amide bonds. The second-order valence-electron chi connectivity index (χ2n) is 5.36. The van der Waals surface area contributed by atoms with Crippen LogP contribution in [0.3, 0.4) is 0 Å². The third-order valence-electron chi connectivity index (χ3n) is 3.59. The van der Waals surface area contributed by atoms with E-state index in [-0.39, 0.29) is 11.9 Å². The van der Waals surface area contributed by atoms with Crippen molar-refractivity contribution in [3.63, 3.8) is 0 Å². The van der Waals surface area contributed by atoms with Crippen LogP contribution in [-0.4, -0.2) is 41.0 Å². The Morgan fingerprint density at radius 2 is 2.16 bits per heavy atom. The van der Waals surface area contributed by atoms with Gasteiger partial charge in [-0.25, -0.2) is 0 Å². The molecule has 4 nitrogen and oxygen atoms in total. The summed E-state index contributed by atoms with van der Waals surface area (Å²) in [7, 11) is 0. The highest BCUT2D eigenvalue weighted by Crippen LogP contribution is 2.28. The molecule has 0 heterocycles. The zero-order chi connectivity index (χ0) is 14.3. The first-order valence-electron chi connectivity index (χ1n) is 7.38. The maximum absolute atomic E-state index is 12.1. The van der Waals surface area contributed by atoms with Crippen molar-refractivity contribution in [1.82, 2.24) is 10.2 Å². The van der Waals surface area contributed by atoms with Crippen molar-refractivity contribution in [1.29, 1.82) is 0 Å². The number of carbonyl (C=O) groups is 1. The third-order valence-corrected chi connectivity index (χ3v) is 3.79. The molecule has 1 rings (SSSR count). The quantitative estimate of drug-likeness (QED) is 0.475. The van der Waals surface area contributed by atoms with Crippen molar-refractivity contribution in [2.75, 3.05) is 13.1 Å². The highest BCUT2D eigenvalue weighted by atomic mass is 32.1. The molecule has 1 unspecified atom stereocenters. The first-order valence-corrected chi connectivity index (χ1v) is 7.78. The van der Waals surface area contributed by atoms with Crippen LogP contribution in [0.1, 0.15) is 52.4 Å². The molecule has 1 fully saturated rings. The van der Waals surface area contributed by atoms with Gasteiger partial charge < -0.3 is 11.1 Å². The van der Waals surface area contributed by atoms with E-state index in [1.807, 2.05) is 6.92 Å². The minimum Gasteiger partial charge on any atom is -0.393 e. The second kappa shape index (κ2) is 8.48. The molecule has 5 heteroatoms. The van der Waals surface area contributed by atoms with Gasteiger partial charge in [-0.15, -0.1) is 0 Å². The Hall–Kier alpha value is -0.680. The van der Waals surface area contributed by atoms with Gasteiger partial charge in [0, 0.05) is 25.6 Å². The summed E-state index contributed by atoms with van der Waals surface area (Å²) in [6.07, 6.45) is 6.47. The molecule has 0 aromatic heterocycles. The molecule has 1 aliphatic rings. The summed E-state index contributed by atoms with van der Waals surface area (Å²) >= 11 is 4.92. The molecule has 1 saturated carbocycles. The average Bonchev–Trinajstić information content (AvgIpc) is 3.18. The first-order chi connectivity index (χ1) is 9.06. The molecule has 1 aliphatic carbocycles. The largest absolute Gasteiger partial charge is 0.393 e. The van der Waals surface area contributed by atoms with E-state index in [0.29, 0.717) is 17.5 Å². The van der Waals surface area contributed by atoms with Crippen LogP contribution in [0.15, 0.2) is 0 Å². The third kappa shape index (κ3) is 6.34. The van der Waals surface area contributed by atoms with Gasteiger partial charge in [0.1, 0.15) is 0 Å². The molecular formula is C14H27N3OS. The first kappa shape index (κ1) is 16.4. The molecule has 19 heavy (non-hydrogen) atoms. The molecule has 1 atom stereocenters. The topological polar surface area (TPSA) is 58.4 Å². The number of unbranched alkanes of at least 4 members (excludes halogenated alkanes) is 2. The van der Waals surface area contributed by atoms with E-state index in [9.17, 15) is 4.79 Å². The highest BCUT2D eigenvalue weighted by molar-refractivity contribution is 7.80. The molecule has 0 radical (unpaired) electrons. The molecule has 0 aliphatic heterocycles. The van der Waals surface area contributed by atoms with Crippen LogP contribution in [0.2, 0.25) is 0 Å². The number of hydrogen-bond acceptors (Lipinski definition) is 3. The van der Waals surface area contributed by atoms with Crippen LogP contribution in [-0.2, 0) is 4.79 Å². The van der Waals surface area contributed by atoms with Crippen LogP contribution >= 0.6 is 12.2 Å². The van der Waals surface area contributed by atoms with Crippen LogP contribution in [0.5, 0.6) is 0 Å². The van der Waals surface area contributed by atoms with Crippen molar-refractivity contribution in [2.45, 2.75) is 64.5 Å². The Labute approximate surface area is 122 Å². The Kier molecular flexibility index (Phi) is 7.31. The normalized spacial score (nSPS) is 16.4. The summed E-state index contributed by atoms with van der Waals surface area (Å²) in [4.78, 5) is 14.9. The summed E-state index contributed by atoms with van der Waals surface area (Å²) < 4.78 is 0. The van der Waals surface area contributed by atoms with Crippen LogP contribution in [0.25, 0.3) is 0 Å². The van der Waals surface area contributed by atoms with Crippen molar-refractivity contribution < 1.29 is 4.79 Å². The molecule has 110 valence electrons. The van der Waals surface area contributed by atoms with Crippen LogP contribution < -0.4 is 11.1 Å². The minimum atomic E-state index is -0.0801. The second-order valence-corrected chi connectivity index (χ2v) is 5.88. The Bertz CT molecular complexity index is 305. The average molecular weight is 285 g/mol. The Balaban J connectivity index is 2.35. The number of nitrogens with two attached hydrogens (primary N) is 1. The minimum absolute atomic E-state index is 0.0801. The van der Waals surface area contributed by atoms with Gasteiger partial charge >= 0.3 is 0 Å². The van der Waals surface area contributed by atoms with Crippen LogP contribution in [0.4, 0.5) is 0 Å². The SMILES string of the molecule is CCCCCNC(=O)C(C)N(CCC(N)=S)C1CC1. The van der Waals surface area contributed by atoms with Crippen molar-refractivity contribution >= 4 is 23.1 Å². The van der Waals surface area contributed by atoms with Gasteiger partial charge in [0.2, 0.25) is 5.91 Å². The molecule has 0 aromatic carbocycles. The fraction of sp³-hybridized carbons (Fsp3) is 0.857. The lowest BCUT2D eigenvalue weighted by atomic mass is 10.2. The van der Waals surface area contributed by atoms with Gasteiger partial charge in [0.05, 0.1) is 11.0 Å². The van der Waals surface area contributed by atoms with E-state index in [4.69, 9.17) is 18.0 Å². The number of nitrogens with zero attached hydrogens (tertiary/aromatic N) is 1. The number of rotatable bonds is 10. The number of nitrogens with one attached hydrogen (secondary N) is 1. The lowest BCUT2D eigenvalue weighted by Gasteiger charge is -2.28. The number of thiocarbonyl (C=S) groups is 1. The zero-order valence-corrected chi connectivity index (χ0v) is 13.0. The monoisotopic (exact) mass is 285 g/mol. The van der Waals surface area contributed by atoms with E-state index in [2.05, 4.69) is 17.1 Å². The van der Waals surface area contributed by atoms with E-state index < -0.39 is 0 Å². The van der Waals surface area contributed by atoms with Crippen molar-refractivity contribution in [2.24, 2.45) is 5.73 Å². The maximum Gasteiger partial charge on any atom is 0.237 e. The van der Waals surface area contributed by atoms with Gasteiger partial charge in [0.15, 0.2) is 0 Å². The summed E-state index contributed by atoms with van der Waals surface area (Å²) in [5.74, 6) is 0.131. The summed E-state index contributed by atoms with van der Waals surface area (Å²) in [5.41, 5.74) is 5.56. The molecular weight excluding hydrogens is 258 g/mol. The molecule has 0 bridgehead atoms. The number of hydrogen-bond donors (Lipinski definition) is 2. The standard InChI is InChI=1S/C14H27N3OS/c1-3-4-5-9-16-14(18)11(2)17(12-6-7-12)10-8-13(15)19/h11-12H,3-10H2,1-2H3,(H2,15,19)(H,16,18). The predicted molar refractivity (Wildman–Crippen MR) is 83.1 cm³/mol. The zero-order valence-electron chi connectivity index (χ0n) is 12.2. The summed E-state index contributed by atoms with van der Waals surface area (Å²) in [6.45, 7) is 5.72. The van der Waals surface area contributed by atoms with E-state index in [1.165, 1.54) is 25.7 Å². The number of carbonyl (C=O) groups excluding carboxylic acids is 1. The smallest absolute Gasteiger partial charge is 0.237 e. The van der Waals surface area contributed by atoms with E-state index >= 15 is 0 Å². The van der Waals surface area contributed by atoms with Gasteiger partial charge in [-0.3, -0.25) is 9.69 Å². The van der Waals surface area contributed by atoms with Gasteiger partial charge in [-0.1, -0.05) is 32.0 Å². The molecule has 0 aromatic rings. The number of amides is 1. The highest BCUT2D eigenvalue weighted by Gasteiger charge is 2.34. The van der Waals surface area contributed by atoms with E-state index in [1.54, 1.807) is 0 Å². The lowest BCUT2D eigenvalue weighted by Crippen LogP contribution is -2.47. The van der Waals surface area contributed by atoms with Gasteiger partial charge in [-0.05, 0) is 26.2 Å². The van der Waals surface area contributed by atoms with Crippen LogP contribution in [0, 0.1) is 0 Å². The fourth-order valence-electron chi connectivity index (χ4n) is 2.22. The summed E-state index contributed by atoms with van der Waals surface area (Å²) in [5, 5.41) is 3.02. The predicted octanol–water partition coefficient (Wildman–Crippen LogP) is 1.82. The molecule has 0 saturated heterocycles.